The molecule has 0 aliphatic rings. The van der Waals surface area contributed by atoms with Crippen LogP contribution >= 0.6 is 0 Å². The summed E-state index contributed by atoms with van der Waals surface area (Å²) in [4.78, 5) is 0. The van der Waals surface area contributed by atoms with Crippen LogP contribution in [-0.2, 0) is 0 Å². The molecule has 0 aromatic heterocycles. The van der Waals surface area contributed by atoms with Gasteiger partial charge < -0.3 is 10.1 Å². The zero-order valence-corrected chi connectivity index (χ0v) is 12.6. The molecule has 0 saturated carbocycles. The largest absolute Gasteiger partial charge is 0.489 e. The fourth-order valence-corrected chi connectivity index (χ4v) is 2.05. The molecular formula is C19H23NO. The Labute approximate surface area is 127 Å². The third-order valence-electron chi connectivity index (χ3n) is 3.21. The zero-order valence-electron chi connectivity index (χ0n) is 12.6. The number of hydrogen-bond donors (Lipinski definition) is 1. The lowest BCUT2D eigenvalue weighted by atomic mass is 10.1. The second-order valence-electron chi connectivity index (χ2n) is 5.11. The van der Waals surface area contributed by atoms with E-state index in [1.165, 1.54) is 11.1 Å². The molecule has 0 atom stereocenters. The maximum atomic E-state index is 5.75. The van der Waals surface area contributed by atoms with Gasteiger partial charge in [0, 0.05) is 6.54 Å². The predicted octanol–water partition coefficient (Wildman–Crippen LogP) is 4.29. The normalized spacial score (nSPS) is 10.3. The van der Waals surface area contributed by atoms with Gasteiger partial charge >= 0.3 is 0 Å². The summed E-state index contributed by atoms with van der Waals surface area (Å²) in [5, 5.41) is 3.32. The van der Waals surface area contributed by atoms with Crippen LogP contribution in [-0.4, -0.2) is 19.7 Å². The van der Waals surface area contributed by atoms with Gasteiger partial charge in [0.15, 0.2) is 0 Å². The van der Waals surface area contributed by atoms with Crippen molar-refractivity contribution in [2.24, 2.45) is 0 Å². The van der Waals surface area contributed by atoms with E-state index in [4.69, 9.17) is 4.74 Å². The summed E-state index contributed by atoms with van der Waals surface area (Å²) in [7, 11) is 0. The second-order valence-corrected chi connectivity index (χ2v) is 5.11. The van der Waals surface area contributed by atoms with Crippen LogP contribution in [0.3, 0.4) is 0 Å². The van der Waals surface area contributed by atoms with Gasteiger partial charge in [-0.2, -0.15) is 0 Å². The van der Waals surface area contributed by atoms with E-state index in [0.29, 0.717) is 6.61 Å². The van der Waals surface area contributed by atoms with Gasteiger partial charge in [-0.1, -0.05) is 56.0 Å². The van der Waals surface area contributed by atoms with Crippen LogP contribution in [0.5, 0.6) is 5.75 Å². The second kappa shape index (κ2) is 8.28. The third kappa shape index (κ3) is 5.09. The highest BCUT2D eigenvalue weighted by atomic mass is 16.5. The van der Waals surface area contributed by atoms with Gasteiger partial charge in [0.05, 0.1) is 0 Å². The Kier molecular flexibility index (Phi) is 6.04. The molecule has 2 heteroatoms. The van der Waals surface area contributed by atoms with Crippen LogP contribution in [0.4, 0.5) is 0 Å². The molecular weight excluding hydrogens is 258 g/mol. The van der Waals surface area contributed by atoms with Crippen LogP contribution < -0.4 is 10.1 Å². The molecule has 2 nitrogen and oxygen atoms in total. The molecule has 1 N–H and O–H groups in total. The molecule has 2 aromatic carbocycles. The standard InChI is InChI=1S/C19H23NO/c1-3-13-20-14-16(2)15-21-19-11-9-18(10-12-19)17-7-5-4-6-8-17/h4-12,20H,2-3,13-15H2,1H3. The monoisotopic (exact) mass is 281 g/mol. The molecule has 21 heavy (non-hydrogen) atoms. The smallest absolute Gasteiger partial charge is 0.119 e. The first-order valence-electron chi connectivity index (χ1n) is 7.45. The molecule has 0 fully saturated rings. The maximum Gasteiger partial charge on any atom is 0.119 e. The Morgan fingerprint density at radius 3 is 2.33 bits per heavy atom. The molecule has 0 aliphatic heterocycles. The Morgan fingerprint density at radius 2 is 1.67 bits per heavy atom. The van der Waals surface area contributed by atoms with Crippen molar-refractivity contribution in [3.05, 3.63) is 66.7 Å². The Bertz CT molecular complexity index is 546. The quantitative estimate of drug-likeness (QED) is 0.576. The van der Waals surface area contributed by atoms with Crippen molar-refractivity contribution >= 4 is 0 Å². The van der Waals surface area contributed by atoms with Gasteiger partial charge in [-0.05, 0) is 41.8 Å². The minimum Gasteiger partial charge on any atom is -0.489 e. The van der Waals surface area contributed by atoms with Crippen LogP contribution in [0, 0.1) is 0 Å². The van der Waals surface area contributed by atoms with Crippen molar-refractivity contribution in [1.82, 2.24) is 5.32 Å². The maximum absolute atomic E-state index is 5.75. The zero-order chi connectivity index (χ0) is 14.9. The van der Waals surface area contributed by atoms with Gasteiger partial charge in [0.2, 0.25) is 0 Å². The minimum absolute atomic E-state index is 0.557. The van der Waals surface area contributed by atoms with Gasteiger partial charge in [0.25, 0.3) is 0 Å². The van der Waals surface area contributed by atoms with Crippen LogP contribution in [0.15, 0.2) is 66.7 Å². The lowest BCUT2D eigenvalue weighted by molar-refractivity contribution is 0.348. The Balaban J connectivity index is 1.84. The van der Waals surface area contributed by atoms with Crippen LogP contribution in [0.2, 0.25) is 0 Å². The third-order valence-corrected chi connectivity index (χ3v) is 3.21. The summed E-state index contributed by atoms with van der Waals surface area (Å²) in [6.45, 7) is 8.56. The molecule has 0 radical (unpaired) electrons. The van der Waals surface area contributed by atoms with E-state index in [9.17, 15) is 0 Å². The van der Waals surface area contributed by atoms with Crippen molar-refractivity contribution in [2.45, 2.75) is 13.3 Å². The molecule has 0 bridgehead atoms. The molecule has 0 spiro atoms. The number of hydrogen-bond acceptors (Lipinski definition) is 2. The average molecular weight is 281 g/mol. The van der Waals surface area contributed by atoms with E-state index in [0.717, 1.165) is 30.8 Å². The minimum atomic E-state index is 0.557. The molecule has 0 amide bonds. The van der Waals surface area contributed by atoms with E-state index in [-0.39, 0.29) is 0 Å². The van der Waals surface area contributed by atoms with Crippen molar-refractivity contribution < 1.29 is 4.74 Å². The Morgan fingerprint density at radius 1 is 1.00 bits per heavy atom. The van der Waals surface area contributed by atoms with Crippen molar-refractivity contribution in [3.8, 4) is 16.9 Å². The van der Waals surface area contributed by atoms with Gasteiger partial charge in [-0.3, -0.25) is 0 Å². The summed E-state index contributed by atoms with van der Waals surface area (Å²) in [6.07, 6.45) is 1.13. The van der Waals surface area contributed by atoms with Gasteiger partial charge in [-0.15, -0.1) is 0 Å². The average Bonchev–Trinajstić information content (AvgIpc) is 2.54. The van der Waals surface area contributed by atoms with E-state index in [1.807, 2.05) is 30.3 Å². The fourth-order valence-electron chi connectivity index (χ4n) is 2.05. The Hall–Kier alpha value is -2.06. The fraction of sp³-hybridized carbons (Fsp3) is 0.263. The summed E-state index contributed by atoms with van der Waals surface area (Å²) < 4.78 is 5.75. The lowest BCUT2D eigenvalue weighted by Crippen LogP contribution is -2.20. The lowest BCUT2D eigenvalue weighted by Gasteiger charge is -2.10. The highest BCUT2D eigenvalue weighted by Crippen LogP contribution is 2.22. The van der Waals surface area contributed by atoms with Crippen LogP contribution in [0.25, 0.3) is 11.1 Å². The SMILES string of the molecule is C=C(CNCCC)COc1ccc(-c2ccccc2)cc1. The molecule has 2 aromatic rings. The summed E-state index contributed by atoms with van der Waals surface area (Å²) in [6, 6.07) is 18.5. The molecule has 110 valence electrons. The first-order chi connectivity index (χ1) is 10.3. The topological polar surface area (TPSA) is 21.3 Å². The number of rotatable bonds is 8. The summed E-state index contributed by atoms with van der Waals surface area (Å²) in [5.41, 5.74) is 3.49. The van der Waals surface area contributed by atoms with Gasteiger partial charge in [-0.25, -0.2) is 0 Å². The molecule has 0 unspecified atom stereocenters. The van der Waals surface area contributed by atoms with Crippen molar-refractivity contribution in [3.63, 3.8) is 0 Å². The first kappa shape index (κ1) is 15.3. The van der Waals surface area contributed by atoms with E-state index in [1.54, 1.807) is 0 Å². The number of benzene rings is 2. The first-order valence-corrected chi connectivity index (χ1v) is 7.45. The molecule has 0 saturated heterocycles. The predicted molar refractivity (Wildman–Crippen MR) is 89.7 cm³/mol. The van der Waals surface area contributed by atoms with Crippen LogP contribution in [0.1, 0.15) is 13.3 Å². The summed E-state index contributed by atoms with van der Waals surface area (Å²) in [5.74, 6) is 0.881. The van der Waals surface area contributed by atoms with E-state index < -0.39 is 0 Å². The molecule has 0 heterocycles. The van der Waals surface area contributed by atoms with E-state index >= 15 is 0 Å². The van der Waals surface area contributed by atoms with E-state index in [2.05, 4.69) is 43.1 Å². The molecule has 2 rings (SSSR count). The van der Waals surface area contributed by atoms with Crippen molar-refractivity contribution in [1.29, 1.82) is 0 Å². The highest BCUT2D eigenvalue weighted by Gasteiger charge is 1.99. The highest BCUT2D eigenvalue weighted by molar-refractivity contribution is 5.63. The van der Waals surface area contributed by atoms with Crippen molar-refractivity contribution in [2.75, 3.05) is 19.7 Å². The van der Waals surface area contributed by atoms with Gasteiger partial charge in [0.1, 0.15) is 12.4 Å². The number of nitrogens with one attached hydrogen (secondary N) is 1. The molecule has 0 aliphatic carbocycles. The number of ether oxygens (including phenoxy) is 1. The summed E-state index contributed by atoms with van der Waals surface area (Å²) >= 11 is 0.